The highest BCUT2D eigenvalue weighted by molar-refractivity contribution is 6.06. The highest BCUT2D eigenvalue weighted by Crippen LogP contribution is 2.65. The molecule has 5 aliphatic rings. The largest absolute Gasteiger partial charge is 0.455 e. The first kappa shape index (κ1) is 18.2. The van der Waals surface area contributed by atoms with E-state index in [0.717, 1.165) is 23.6 Å². The maximum atomic E-state index is 13.4. The second kappa shape index (κ2) is 6.19. The standard InChI is InChI=1S/C22H16FN3O5/c23-10-1-3-14(17(7-10)26(29)30)18-6-2-11(31-18)9-24-25-21(27)19-12-4-5-13(16-8-15(12)16)20(19)22(25)28/h1-7,9,12-13,15-16,19-20H,8H2/b24-9-/t12-,13-,15-,16-,19-,20+/m1/s1. The lowest BCUT2D eigenvalue weighted by Crippen LogP contribution is -2.40. The van der Waals surface area contributed by atoms with E-state index >= 15 is 0 Å². The number of rotatable bonds is 4. The van der Waals surface area contributed by atoms with Gasteiger partial charge in [-0.3, -0.25) is 19.7 Å². The summed E-state index contributed by atoms with van der Waals surface area (Å²) in [6.45, 7) is 0. The summed E-state index contributed by atoms with van der Waals surface area (Å²) in [5, 5.41) is 16.2. The average Bonchev–Trinajstić information content (AvgIpc) is 3.39. The third-order valence-electron chi connectivity index (χ3n) is 6.99. The van der Waals surface area contributed by atoms with Gasteiger partial charge < -0.3 is 4.42 Å². The summed E-state index contributed by atoms with van der Waals surface area (Å²) in [4.78, 5) is 36.4. The number of halogens is 1. The molecule has 0 N–H and O–H groups in total. The van der Waals surface area contributed by atoms with Gasteiger partial charge in [0.05, 0.1) is 34.6 Å². The van der Waals surface area contributed by atoms with Crippen molar-refractivity contribution in [1.29, 1.82) is 0 Å². The van der Waals surface area contributed by atoms with Crippen molar-refractivity contribution in [3.63, 3.8) is 0 Å². The Morgan fingerprint density at radius 3 is 2.42 bits per heavy atom. The molecule has 2 bridgehead atoms. The molecule has 1 aromatic heterocycles. The summed E-state index contributed by atoms with van der Waals surface area (Å²) < 4.78 is 19.0. The van der Waals surface area contributed by atoms with Crippen LogP contribution in [0.1, 0.15) is 12.2 Å². The van der Waals surface area contributed by atoms with E-state index in [2.05, 4.69) is 17.3 Å². The number of nitro benzene ring substituents is 1. The van der Waals surface area contributed by atoms with Crippen LogP contribution in [0.3, 0.4) is 0 Å². The van der Waals surface area contributed by atoms with E-state index in [1.165, 1.54) is 24.4 Å². The van der Waals surface area contributed by atoms with Crippen LogP contribution in [0.25, 0.3) is 11.3 Å². The molecule has 4 aliphatic carbocycles. The van der Waals surface area contributed by atoms with Crippen LogP contribution >= 0.6 is 0 Å². The summed E-state index contributed by atoms with van der Waals surface area (Å²) in [6, 6.07) is 6.20. The molecule has 6 atom stereocenters. The number of imide groups is 1. The smallest absolute Gasteiger partial charge is 0.283 e. The Balaban J connectivity index is 1.26. The van der Waals surface area contributed by atoms with Crippen LogP contribution in [-0.2, 0) is 9.59 Å². The molecule has 2 saturated carbocycles. The zero-order valence-electron chi connectivity index (χ0n) is 16.1. The molecule has 7 rings (SSSR count). The number of hydrogen-bond donors (Lipinski definition) is 0. The van der Waals surface area contributed by atoms with Crippen LogP contribution in [0.2, 0.25) is 0 Å². The fourth-order valence-electron chi connectivity index (χ4n) is 5.60. The van der Waals surface area contributed by atoms with Crippen molar-refractivity contribution in [3.8, 4) is 11.3 Å². The predicted molar refractivity (Wildman–Crippen MR) is 105 cm³/mol. The number of amides is 2. The van der Waals surface area contributed by atoms with Gasteiger partial charge in [0.25, 0.3) is 17.5 Å². The van der Waals surface area contributed by atoms with Crippen LogP contribution in [0.4, 0.5) is 10.1 Å². The van der Waals surface area contributed by atoms with Gasteiger partial charge in [0.1, 0.15) is 17.3 Å². The molecule has 2 aromatic rings. The first-order valence-corrected chi connectivity index (χ1v) is 10.1. The quantitative estimate of drug-likeness (QED) is 0.247. The Morgan fingerprint density at radius 1 is 1.10 bits per heavy atom. The van der Waals surface area contributed by atoms with E-state index in [9.17, 15) is 24.1 Å². The van der Waals surface area contributed by atoms with E-state index in [0.29, 0.717) is 11.8 Å². The maximum Gasteiger partial charge on any atom is 0.283 e. The SMILES string of the molecule is O=C1[C@@H]2[C@@H]3C=C[C@H]([C@H]4C[C@H]34)[C@@H]2C(=O)N1/N=C\c1ccc(-c2ccc(F)cc2[N+](=O)[O-])o1. The molecule has 8 nitrogen and oxygen atoms in total. The van der Waals surface area contributed by atoms with Crippen LogP contribution in [0, 0.1) is 51.4 Å². The average molecular weight is 421 g/mol. The number of hydrogen-bond acceptors (Lipinski definition) is 6. The van der Waals surface area contributed by atoms with Crippen LogP contribution in [0.5, 0.6) is 0 Å². The van der Waals surface area contributed by atoms with E-state index in [4.69, 9.17) is 4.42 Å². The molecule has 31 heavy (non-hydrogen) atoms. The summed E-state index contributed by atoms with van der Waals surface area (Å²) in [7, 11) is 0. The van der Waals surface area contributed by atoms with Gasteiger partial charge in [0, 0.05) is 0 Å². The van der Waals surface area contributed by atoms with Crippen molar-refractivity contribution in [2.24, 2.45) is 40.6 Å². The lowest BCUT2D eigenvalue weighted by molar-refractivity contribution is -0.384. The Labute approximate surface area is 175 Å². The number of benzene rings is 1. The molecule has 156 valence electrons. The van der Waals surface area contributed by atoms with E-state index in [1.807, 2.05) is 0 Å². The Morgan fingerprint density at radius 2 is 1.77 bits per heavy atom. The lowest BCUT2D eigenvalue weighted by Gasteiger charge is -2.37. The molecular formula is C22H16FN3O5. The monoisotopic (exact) mass is 421 g/mol. The highest BCUT2D eigenvalue weighted by Gasteiger charge is 2.67. The Hall–Kier alpha value is -3.62. The molecule has 2 amide bonds. The van der Waals surface area contributed by atoms with Crippen molar-refractivity contribution in [3.05, 3.63) is 64.2 Å². The van der Waals surface area contributed by atoms with Crippen molar-refractivity contribution in [2.75, 3.05) is 0 Å². The van der Waals surface area contributed by atoms with Crippen molar-refractivity contribution < 1.29 is 23.3 Å². The van der Waals surface area contributed by atoms with Gasteiger partial charge in [-0.1, -0.05) is 12.2 Å². The van der Waals surface area contributed by atoms with Gasteiger partial charge in [0.15, 0.2) is 0 Å². The van der Waals surface area contributed by atoms with Gasteiger partial charge in [-0.2, -0.15) is 10.1 Å². The van der Waals surface area contributed by atoms with Crippen LogP contribution in [-0.4, -0.2) is 28.0 Å². The van der Waals surface area contributed by atoms with Gasteiger partial charge >= 0.3 is 0 Å². The Kier molecular flexibility index (Phi) is 3.63. The van der Waals surface area contributed by atoms with Crippen molar-refractivity contribution in [2.45, 2.75) is 6.42 Å². The summed E-state index contributed by atoms with van der Waals surface area (Å²) in [5.41, 5.74) is -0.305. The van der Waals surface area contributed by atoms with Gasteiger partial charge in [-0.25, -0.2) is 4.39 Å². The highest BCUT2D eigenvalue weighted by atomic mass is 19.1. The first-order valence-electron chi connectivity index (χ1n) is 10.1. The summed E-state index contributed by atoms with van der Waals surface area (Å²) >= 11 is 0. The molecule has 0 spiro atoms. The van der Waals surface area contributed by atoms with E-state index < -0.39 is 16.4 Å². The zero-order chi connectivity index (χ0) is 21.4. The van der Waals surface area contributed by atoms with E-state index in [1.54, 1.807) is 0 Å². The number of hydrazone groups is 1. The van der Waals surface area contributed by atoms with Crippen molar-refractivity contribution in [1.82, 2.24) is 5.01 Å². The maximum absolute atomic E-state index is 13.4. The van der Waals surface area contributed by atoms with Gasteiger partial charge in [-0.15, -0.1) is 0 Å². The topological polar surface area (TPSA) is 106 Å². The molecule has 9 heteroatoms. The number of furan rings is 1. The van der Waals surface area contributed by atoms with Crippen molar-refractivity contribution >= 4 is 23.7 Å². The normalized spacial score (nSPS) is 32.6. The minimum atomic E-state index is -0.725. The molecular weight excluding hydrogens is 405 g/mol. The number of carbonyl (C=O) groups excluding carboxylic acids is 2. The second-order valence-corrected chi connectivity index (χ2v) is 8.51. The number of carbonyl (C=O) groups is 2. The molecule has 0 radical (unpaired) electrons. The fraction of sp³-hybridized carbons (Fsp3) is 0.318. The number of nitro groups is 1. The molecule has 3 fully saturated rings. The fourth-order valence-corrected chi connectivity index (χ4v) is 5.60. The zero-order valence-corrected chi connectivity index (χ0v) is 16.1. The number of nitrogens with zero attached hydrogens (tertiary/aromatic N) is 3. The molecule has 0 unspecified atom stereocenters. The molecule has 1 aromatic carbocycles. The van der Waals surface area contributed by atoms with Crippen LogP contribution in [0.15, 0.2) is 52.0 Å². The first-order chi connectivity index (χ1) is 14.9. The van der Waals surface area contributed by atoms with Gasteiger partial charge in [-0.05, 0) is 54.4 Å². The molecule has 2 heterocycles. The summed E-state index contributed by atoms with van der Waals surface area (Å²) in [5.74, 6) is -0.332. The third-order valence-corrected chi connectivity index (χ3v) is 6.99. The number of allylic oxidation sites excluding steroid dienone is 2. The minimum Gasteiger partial charge on any atom is -0.455 e. The predicted octanol–water partition coefficient (Wildman–Crippen LogP) is 3.38. The van der Waals surface area contributed by atoms with Gasteiger partial charge in [0.2, 0.25) is 0 Å². The minimum absolute atomic E-state index is 0.117. The Bertz CT molecular complexity index is 1180. The lowest BCUT2D eigenvalue weighted by atomic mass is 9.63. The molecule has 1 saturated heterocycles. The summed E-state index contributed by atoms with van der Waals surface area (Å²) in [6.07, 6.45) is 6.52. The second-order valence-electron chi connectivity index (χ2n) is 8.51. The molecule has 1 aliphatic heterocycles. The third kappa shape index (κ3) is 2.55. The van der Waals surface area contributed by atoms with E-state index in [-0.39, 0.29) is 52.6 Å². The van der Waals surface area contributed by atoms with Crippen LogP contribution < -0.4 is 0 Å².